The number of hydrogen-bond acceptors (Lipinski definition) is 6. The molecule has 168 valence electrons. The van der Waals surface area contributed by atoms with E-state index in [0.29, 0.717) is 11.3 Å². The number of rotatable bonds is 5. The van der Waals surface area contributed by atoms with Gasteiger partial charge in [-0.15, -0.1) is 0 Å². The van der Waals surface area contributed by atoms with E-state index >= 15 is 0 Å². The molecular formula is C23H16F3N3O4. The van der Waals surface area contributed by atoms with Crippen molar-refractivity contribution in [3.05, 3.63) is 83.3 Å². The lowest BCUT2D eigenvalue weighted by Crippen LogP contribution is -2.11. The highest BCUT2D eigenvalue weighted by Crippen LogP contribution is 2.34. The molecule has 4 aromatic rings. The number of carbonyl (C=O) groups excluding carboxylic acids is 2. The summed E-state index contributed by atoms with van der Waals surface area (Å²) in [6, 6.07) is 12.0. The zero-order chi connectivity index (χ0) is 23.8. The predicted octanol–water partition coefficient (Wildman–Crippen LogP) is 4.44. The molecule has 0 spiro atoms. The van der Waals surface area contributed by atoms with Crippen molar-refractivity contribution >= 4 is 17.3 Å². The summed E-state index contributed by atoms with van der Waals surface area (Å²) in [6.07, 6.45) is -3.07. The number of carbonyl (C=O) groups is 2. The van der Waals surface area contributed by atoms with Crippen molar-refractivity contribution in [3.63, 3.8) is 0 Å². The van der Waals surface area contributed by atoms with E-state index in [4.69, 9.17) is 4.74 Å². The van der Waals surface area contributed by atoms with Crippen molar-refractivity contribution in [2.45, 2.75) is 6.18 Å². The number of esters is 1. The minimum Gasteiger partial charge on any atom is -0.495 e. The first-order valence-electron chi connectivity index (χ1n) is 9.57. The lowest BCUT2D eigenvalue weighted by atomic mass is 9.99. The van der Waals surface area contributed by atoms with E-state index in [0.717, 1.165) is 12.1 Å². The Morgan fingerprint density at radius 1 is 0.970 bits per heavy atom. The van der Waals surface area contributed by atoms with Crippen LogP contribution in [0.25, 0.3) is 16.8 Å². The summed E-state index contributed by atoms with van der Waals surface area (Å²) in [7, 11) is 2.63. The van der Waals surface area contributed by atoms with Crippen LogP contribution in [0.3, 0.4) is 0 Å². The van der Waals surface area contributed by atoms with Crippen LogP contribution < -0.4 is 4.74 Å². The fourth-order valence-corrected chi connectivity index (χ4v) is 3.33. The van der Waals surface area contributed by atoms with Gasteiger partial charge in [0.2, 0.25) is 5.78 Å². The van der Waals surface area contributed by atoms with Gasteiger partial charge < -0.3 is 9.47 Å². The summed E-state index contributed by atoms with van der Waals surface area (Å²) in [4.78, 5) is 29.4. The molecule has 0 saturated heterocycles. The first kappa shape index (κ1) is 22.0. The number of hydrogen-bond donors (Lipinski definition) is 0. The molecule has 10 heteroatoms. The smallest absolute Gasteiger partial charge is 0.416 e. The number of halogens is 3. The van der Waals surface area contributed by atoms with E-state index in [9.17, 15) is 22.8 Å². The summed E-state index contributed by atoms with van der Waals surface area (Å²) in [5.74, 6) is -0.911. The highest BCUT2D eigenvalue weighted by atomic mass is 19.4. The standard InChI is InChI=1S/C23H16F3N3O4/c1-32-15-9-10-18-19(21(30)16-7-4-8-17(27-16)22(31)33-2)20(28-29(18)12-15)13-5-3-6-14(11-13)23(24,25)26/h3-12H,1-2H3. The Morgan fingerprint density at radius 3 is 2.39 bits per heavy atom. The Morgan fingerprint density at radius 2 is 1.70 bits per heavy atom. The quantitative estimate of drug-likeness (QED) is 0.327. The number of aromatic nitrogens is 3. The van der Waals surface area contributed by atoms with E-state index in [2.05, 4.69) is 14.8 Å². The molecule has 0 aliphatic carbocycles. The van der Waals surface area contributed by atoms with Crippen LogP contribution in [0.15, 0.2) is 60.8 Å². The van der Waals surface area contributed by atoms with Crippen LogP contribution in [0.2, 0.25) is 0 Å². The number of ether oxygens (including phenoxy) is 2. The molecule has 33 heavy (non-hydrogen) atoms. The Bertz CT molecular complexity index is 1380. The normalized spacial score (nSPS) is 11.4. The Balaban J connectivity index is 1.94. The van der Waals surface area contributed by atoms with Gasteiger partial charge >= 0.3 is 12.1 Å². The fourth-order valence-electron chi connectivity index (χ4n) is 3.33. The number of benzene rings is 1. The number of nitrogens with zero attached hydrogens (tertiary/aromatic N) is 3. The highest BCUT2D eigenvalue weighted by Gasteiger charge is 2.31. The van der Waals surface area contributed by atoms with E-state index in [-0.39, 0.29) is 28.2 Å². The Hall–Kier alpha value is -4.21. The van der Waals surface area contributed by atoms with Crippen LogP contribution in [0.1, 0.15) is 32.1 Å². The van der Waals surface area contributed by atoms with Crippen LogP contribution in [0, 0.1) is 0 Å². The van der Waals surface area contributed by atoms with Gasteiger partial charge in [-0.2, -0.15) is 18.3 Å². The molecule has 0 bridgehead atoms. The number of methoxy groups -OCH3 is 2. The maximum absolute atomic E-state index is 13.5. The molecule has 0 radical (unpaired) electrons. The lowest BCUT2D eigenvalue weighted by Gasteiger charge is -2.09. The van der Waals surface area contributed by atoms with Crippen molar-refractivity contribution < 1.29 is 32.2 Å². The summed E-state index contributed by atoms with van der Waals surface area (Å²) in [6.45, 7) is 0. The summed E-state index contributed by atoms with van der Waals surface area (Å²) >= 11 is 0. The van der Waals surface area contributed by atoms with E-state index in [1.165, 1.54) is 55.3 Å². The van der Waals surface area contributed by atoms with Crippen LogP contribution in [0.5, 0.6) is 5.75 Å². The van der Waals surface area contributed by atoms with Gasteiger partial charge in [-0.3, -0.25) is 4.79 Å². The summed E-state index contributed by atoms with van der Waals surface area (Å²) in [5, 5.41) is 4.36. The monoisotopic (exact) mass is 455 g/mol. The zero-order valence-electron chi connectivity index (χ0n) is 17.4. The molecule has 0 N–H and O–H groups in total. The number of fused-ring (bicyclic) bond motifs is 1. The van der Waals surface area contributed by atoms with Crippen molar-refractivity contribution in [1.29, 1.82) is 0 Å². The first-order valence-corrected chi connectivity index (χ1v) is 9.57. The average molecular weight is 455 g/mol. The van der Waals surface area contributed by atoms with Gasteiger partial charge in [0.25, 0.3) is 0 Å². The minimum atomic E-state index is -4.57. The highest BCUT2D eigenvalue weighted by molar-refractivity contribution is 6.16. The van der Waals surface area contributed by atoms with Gasteiger partial charge in [0.1, 0.15) is 22.8 Å². The molecular weight excluding hydrogens is 439 g/mol. The number of pyridine rings is 2. The first-order chi connectivity index (χ1) is 15.7. The van der Waals surface area contributed by atoms with Gasteiger partial charge in [0, 0.05) is 5.56 Å². The summed E-state index contributed by atoms with van der Waals surface area (Å²) < 4.78 is 51.1. The van der Waals surface area contributed by atoms with Gasteiger partial charge in [0.15, 0.2) is 0 Å². The van der Waals surface area contributed by atoms with Crippen molar-refractivity contribution in [2.24, 2.45) is 0 Å². The maximum atomic E-state index is 13.5. The molecule has 0 aliphatic heterocycles. The topological polar surface area (TPSA) is 82.8 Å². The van der Waals surface area contributed by atoms with Crippen molar-refractivity contribution in [1.82, 2.24) is 14.6 Å². The second-order valence-corrected chi connectivity index (χ2v) is 6.93. The van der Waals surface area contributed by atoms with E-state index in [1.807, 2.05) is 0 Å². The largest absolute Gasteiger partial charge is 0.495 e. The molecule has 0 fully saturated rings. The number of alkyl halides is 3. The Kier molecular flexibility index (Phi) is 5.59. The third-order valence-corrected chi connectivity index (χ3v) is 4.90. The van der Waals surface area contributed by atoms with Crippen LogP contribution in [-0.4, -0.2) is 40.6 Å². The van der Waals surface area contributed by atoms with E-state index < -0.39 is 23.5 Å². The molecule has 3 aromatic heterocycles. The van der Waals surface area contributed by atoms with Gasteiger partial charge in [0.05, 0.1) is 37.1 Å². The molecule has 4 rings (SSSR count). The third-order valence-electron chi connectivity index (χ3n) is 4.90. The van der Waals surface area contributed by atoms with Crippen molar-refractivity contribution in [3.8, 4) is 17.0 Å². The van der Waals surface area contributed by atoms with E-state index in [1.54, 1.807) is 12.1 Å². The molecule has 3 heterocycles. The number of ketones is 1. The zero-order valence-corrected chi connectivity index (χ0v) is 17.4. The van der Waals surface area contributed by atoms with Gasteiger partial charge in [-0.05, 0) is 36.4 Å². The molecule has 0 unspecified atom stereocenters. The minimum absolute atomic E-state index is 0.0321. The summed E-state index contributed by atoms with van der Waals surface area (Å²) in [5.41, 5.74) is -0.549. The molecule has 0 atom stereocenters. The molecule has 7 nitrogen and oxygen atoms in total. The van der Waals surface area contributed by atoms with Crippen LogP contribution in [0.4, 0.5) is 13.2 Å². The lowest BCUT2D eigenvalue weighted by molar-refractivity contribution is -0.137. The average Bonchev–Trinajstić information content (AvgIpc) is 3.21. The van der Waals surface area contributed by atoms with Crippen LogP contribution >= 0.6 is 0 Å². The fraction of sp³-hybridized carbons (Fsp3) is 0.130. The Labute approximate surface area is 185 Å². The van der Waals surface area contributed by atoms with Crippen molar-refractivity contribution in [2.75, 3.05) is 14.2 Å². The predicted molar refractivity (Wildman–Crippen MR) is 111 cm³/mol. The molecule has 0 aliphatic rings. The maximum Gasteiger partial charge on any atom is 0.416 e. The molecule has 1 aromatic carbocycles. The van der Waals surface area contributed by atoms with Gasteiger partial charge in [-0.25, -0.2) is 14.3 Å². The molecule has 0 amide bonds. The third kappa shape index (κ3) is 4.14. The van der Waals surface area contributed by atoms with Gasteiger partial charge in [-0.1, -0.05) is 18.2 Å². The SMILES string of the molecule is COC(=O)c1cccc(C(=O)c2c(-c3cccc(C(F)(F)F)c3)nn3cc(OC)ccc23)n1. The van der Waals surface area contributed by atoms with Crippen LogP contribution in [-0.2, 0) is 10.9 Å². The second kappa shape index (κ2) is 8.38. The second-order valence-electron chi connectivity index (χ2n) is 6.93. The molecule has 0 saturated carbocycles.